The monoisotopic (exact) mass is 193 g/mol. The molecule has 0 saturated heterocycles. The van der Waals surface area contributed by atoms with Crippen LogP contribution >= 0.6 is 0 Å². The quantitative estimate of drug-likeness (QED) is 0.337. The van der Waals surface area contributed by atoms with Crippen molar-refractivity contribution in [2.24, 2.45) is 0 Å². The van der Waals surface area contributed by atoms with E-state index in [0.717, 1.165) is 19.2 Å². The van der Waals surface area contributed by atoms with Crippen LogP contribution in [0.1, 0.15) is 45.4 Å². The molecule has 0 fully saturated rings. The summed E-state index contributed by atoms with van der Waals surface area (Å²) in [7, 11) is 7.51. The van der Waals surface area contributed by atoms with Gasteiger partial charge >= 0.3 is 0 Å². The first-order chi connectivity index (χ1) is 6.70. The molecular weight excluding hydrogens is 169 g/mol. The Morgan fingerprint density at radius 1 is 1.29 bits per heavy atom. The summed E-state index contributed by atoms with van der Waals surface area (Å²) < 4.78 is 0. The van der Waals surface area contributed by atoms with E-state index in [1.807, 2.05) is 7.05 Å². The third-order valence-corrected chi connectivity index (χ3v) is 2.57. The van der Waals surface area contributed by atoms with Gasteiger partial charge in [-0.25, -0.2) is 0 Å². The van der Waals surface area contributed by atoms with Crippen LogP contribution in [-0.4, -0.2) is 20.9 Å². The lowest BCUT2D eigenvalue weighted by atomic mass is 9.96. The normalized spacial score (nSPS) is 12.7. The summed E-state index contributed by atoms with van der Waals surface area (Å²) >= 11 is 0. The lowest BCUT2D eigenvalue weighted by Crippen LogP contribution is -2.24. The first-order valence-corrected chi connectivity index (χ1v) is 5.72. The summed E-state index contributed by atoms with van der Waals surface area (Å²) in [5.74, 6) is 0. The molecule has 0 aromatic heterocycles. The standard InChI is InChI=1S/C12H24BN/c1-11(2)7-6-9-12(14-3)8-4-5-10-13/h12,14H,1,4-10H2,2-3H3. The van der Waals surface area contributed by atoms with Crippen LogP contribution in [0.4, 0.5) is 0 Å². The molecule has 0 aliphatic heterocycles. The van der Waals surface area contributed by atoms with Crippen molar-refractivity contribution in [1.82, 2.24) is 5.32 Å². The summed E-state index contributed by atoms with van der Waals surface area (Å²) in [5.41, 5.74) is 1.29. The van der Waals surface area contributed by atoms with Crippen LogP contribution in [0.25, 0.3) is 0 Å². The molecular formula is C12H24BN. The van der Waals surface area contributed by atoms with Crippen LogP contribution in [0, 0.1) is 0 Å². The largest absolute Gasteiger partial charge is 0.317 e. The molecule has 0 spiro atoms. The molecule has 1 unspecified atom stereocenters. The molecule has 2 radical (unpaired) electrons. The smallest absolute Gasteiger partial charge is 0.0653 e. The van der Waals surface area contributed by atoms with Gasteiger partial charge in [0.05, 0.1) is 7.85 Å². The molecule has 14 heavy (non-hydrogen) atoms. The highest BCUT2D eigenvalue weighted by Crippen LogP contribution is 2.11. The van der Waals surface area contributed by atoms with Crippen LogP contribution in [-0.2, 0) is 0 Å². The Bertz CT molecular complexity index is 145. The van der Waals surface area contributed by atoms with E-state index in [0.29, 0.717) is 6.04 Å². The highest BCUT2D eigenvalue weighted by Gasteiger charge is 2.04. The molecule has 0 aromatic carbocycles. The van der Waals surface area contributed by atoms with Gasteiger partial charge in [-0.15, -0.1) is 6.58 Å². The third-order valence-electron chi connectivity index (χ3n) is 2.57. The predicted octanol–water partition coefficient (Wildman–Crippen LogP) is 3.08. The Morgan fingerprint density at radius 3 is 2.43 bits per heavy atom. The minimum Gasteiger partial charge on any atom is -0.317 e. The van der Waals surface area contributed by atoms with Crippen molar-refractivity contribution in [3.63, 3.8) is 0 Å². The molecule has 1 N–H and O–H groups in total. The predicted molar refractivity (Wildman–Crippen MR) is 65.9 cm³/mol. The molecule has 2 heteroatoms. The second-order valence-electron chi connectivity index (χ2n) is 4.12. The van der Waals surface area contributed by atoms with Gasteiger partial charge in [0.25, 0.3) is 0 Å². The van der Waals surface area contributed by atoms with Crippen molar-refractivity contribution >= 4 is 7.85 Å². The minimum atomic E-state index is 0.667. The van der Waals surface area contributed by atoms with Crippen molar-refractivity contribution in [3.8, 4) is 0 Å². The molecule has 0 aliphatic carbocycles. The molecule has 0 aromatic rings. The molecule has 0 aliphatic rings. The fourth-order valence-corrected chi connectivity index (χ4v) is 1.62. The summed E-state index contributed by atoms with van der Waals surface area (Å²) in [6.45, 7) is 6.02. The summed E-state index contributed by atoms with van der Waals surface area (Å²) in [6, 6.07) is 0.667. The van der Waals surface area contributed by atoms with Gasteiger partial charge in [0.2, 0.25) is 0 Å². The van der Waals surface area contributed by atoms with E-state index in [1.165, 1.54) is 31.3 Å². The van der Waals surface area contributed by atoms with Gasteiger partial charge in [-0.05, 0) is 39.7 Å². The molecule has 0 amide bonds. The molecule has 0 heterocycles. The van der Waals surface area contributed by atoms with E-state index in [1.54, 1.807) is 0 Å². The zero-order valence-electron chi connectivity index (χ0n) is 9.81. The highest BCUT2D eigenvalue weighted by atomic mass is 14.9. The number of nitrogens with one attached hydrogen (secondary N) is 1. The van der Waals surface area contributed by atoms with Crippen molar-refractivity contribution in [2.75, 3.05) is 7.05 Å². The fraction of sp³-hybridized carbons (Fsp3) is 0.833. The molecule has 0 bridgehead atoms. The Hall–Kier alpha value is -0.235. The van der Waals surface area contributed by atoms with Crippen LogP contribution in [0.15, 0.2) is 12.2 Å². The number of rotatable bonds is 9. The first kappa shape index (κ1) is 13.8. The van der Waals surface area contributed by atoms with Crippen LogP contribution in [0.2, 0.25) is 6.32 Å². The van der Waals surface area contributed by atoms with Gasteiger partial charge in [-0.3, -0.25) is 0 Å². The first-order valence-electron chi connectivity index (χ1n) is 5.72. The lowest BCUT2D eigenvalue weighted by molar-refractivity contribution is 0.458. The van der Waals surface area contributed by atoms with Gasteiger partial charge in [0, 0.05) is 6.04 Å². The summed E-state index contributed by atoms with van der Waals surface area (Å²) in [4.78, 5) is 0. The van der Waals surface area contributed by atoms with E-state index >= 15 is 0 Å². The number of hydrogen-bond donors (Lipinski definition) is 1. The minimum absolute atomic E-state index is 0.667. The van der Waals surface area contributed by atoms with Gasteiger partial charge in [0.15, 0.2) is 0 Å². The maximum Gasteiger partial charge on any atom is 0.0653 e. The Balaban J connectivity index is 3.42. The lowest BCUT2D eigenvalue weighted by Gasteiger charge is -2.15. The van der Waals surface area contributed by atoms with Crippen LogP contribution in [0.3, 0.4) is 0 Å². The van der Waals surface area contributed by atoms with E-state index in [-0.39, 0.29) is 0 Å². The average molecular weight is 193 g/mol. The Kier molecular flexibility index (Phi) is 9.17. The molecule has 1 nitrogen and oxygen atoms in total. The van der Waals surface area contributed by atoms with Gasteiger partial charge in [0.1, 0.15) is 0 Å². The SMILES string of the molecule is [B]CCCCC(CCCC(=C)C)NC. The molecule has 0 rings (SSSR count). The fourth-order valence-electron chi connectivity index (χ4n) is 1.62. The van der Waals surface area contributed by atoms with E-state index in [9.17, 15) is 0 Å². The third kappa shape index (κ3) is 8.37. The topological polar surface area (TPSA) is 12.0 Å². The van der Waals surface area contributed by atoms with Crippen molar-refractivity contribution < 1.29 is 0 Å². The second-order valence-corrected chi connectivity index (χ2v) is 4.12. The number of hydrogen-bond acceptors (Lipinski definition) is 1. The summed E-state index contributed by atoms with van der Waals surface area (Å²) in [6.07, 6.45) is 8.15. The maximum absolute atomic E-state index is 5.46. The van der Waals surface area contributed by atoms with E-state index < -0.39 is 0 Å². The van der Waals surface area contributed by atoms with E-state index in [4.69, 9.17) is 7.85 Å². The highest BCUT2D eigenvalue weighted by molar-refractivity contribution is 6.08. The van der Waals surface area contributed by atoms with Crippen molar-refractivity contribution in [3.05, 3.63) is 12.2 Å². The Morgan fingerprint density at radius 2 is 1.93 bits per heavy atom. The van der Waals surface area contributed by atoms with Crippen molar-refractivity contribution in [1.29, 1.82) is 0 Å². The van der Waals surface area contributed by atoms with E-state index in [2.05, 4.69) is 18.8 Å². The summed E-state index contributed by atoms with van der Waals surface area (Å²) in [5, 5.41) is 3.36. The van der Waals surface area contributed by atoms with Crippen LogP contribution in [0.5, 0.6) is 0 Å². The molecule has 0 saturated carbocycles. The van der Waals surface area contributed by atoms with Gasteiger partial charge < -0.3 is 5.32 Å². The second kappa shape index (κ2) is 9.33. The zero-order valence-corrected chi connectivity index (χ0v) is 9.81. The number of allylic oxidation sites excluding steroid dienone is 1. The molecule has 1 atom stereocenters. The van der Waals surface area contributed by atoms with Gasteiger partial charge in [-0.2, -0.15) is 0 Å². The van der Waals surface area contributed by atoms with Gasteiger partial charge in [-0.1, -0.05) is 24.7 Å². The Labute approximate surface area is 90.8 Å². The van der Waals surface area contributed by atoms with Crippen molar-refractivity contribution in [2.45, 2.75) is 57.8 Å². The number of unbranched alkanes of at least 4 members (excludes halogenated alkanes) is 1. The maximum atomic E-state index is 5.46. The van der Waals surface area contributed by atoms with Crippen LogP contribution < -0.4 is 5.32 Å². The zero-order chi connectivity index (χ0) is 10.8. The molecule has 80 valence electrons. The average Bonchev–Trinajstić information content (AvgIpc) is 2.15.